The number of aliphatic hydroxyl groups is 1. The molecule has 27 heavy (non-hydrogen) atoms. The predicted molar refractivity (Wildman–Crippen MR) is 105 cm³/mol. The van der Waals surface area contributed by atoms with Crippen LogP contribution in [0.25, 0.3) is 0 Å². The van der Waals surface area contributed by atoms with Crippen LogP contribution >= 0.6 is 11.6 Å². The number of carbonyl (C=O) groups is 2. The molecule has 5 nitrogen and oxygen atoms in total. The summed E-state index contributed by atoms with van der Waals surface area (Å²) in [7, 11) is 0. The Morgan fingerprint density at radius 3 is 2.52 bits per heavy atom. The summed E-state index contributed by atoms with van der Waals surface area (Å²) in [5.74, 6) is -0.500. The maximum atomic E-state index is 12.9. The lowest BCUT2D eigenvalue weighted by Gasteiger charge is -2.24. The number of β-amino-alcohol motifs (C(OH)–C–C–N with tert-alkyl or cyclic N) is 1. The lowest BCUT2D eigenvalue weighted by molar-refractivity contribution is -0.125. The summed E-state index contributed by atoms with van der Waals surface area (Å²) in [6.07, 6.45) is -0.463. The molecular formula is C21H23ClN2O3. The van der Waals surface area contributed by atoms with Gasteiger partial charge < -0.3 is 15.3 Å². The molecule has 0 aliphatic carbocycles. The number of hydrogen-bond donors (Lipinski definition) is 2. The van der Waals surface area contributed by atoms with Crippen LogP contribution in [0.3, 0.4) is 0 Å². The van der Waals surface area contributed by atoms with Gasteiger partial charge in [-0.2, -0.15) is 0 Å². The summed E-state index contributed by atoms with van der Waals surface area (Å²) in [5.41, 5.74) is 3.57. The van der Waals surface area contributed by atoms with E-state index in [1.807, 2.05) is 38.1 Å². The van der Waals surface area contributed by atoms with Crippen LogP contribution in [0.5, 0.6) is 0 Å². The summed E-state index contributed by atoms with van der Waals surface area (Å²) in [6.45, 7) is 4.43. The molecule has 0 saturated carbocycles. The maximum Gasteiger partial charge on any atom is 0.254 e. The molecule has 0 bridgehead atoms. The molecule has 3 rings (SSSR count). The van der Waals surface area contributed by atoms with E-state index >= 15 is 0 Å². The molecule has 1 heterocycles. The number of nitrogens with zero attached hydrogens (tertiary/aromatic N) is 1. The molecule has 0 spiro atoms. The van der Waals surface area contributed by atoms with Crippen molar-refractivity contribution in [2.45, 2.75) is 39.0 Å². The topological polar surface area (TPSA) is 69.6 Å². The van der Waals surface area contributed by atoms with E-state index in [-0.39, 0.29) is 24.8 Å². The van der Waals surface area contributed by atoms with Gasteiger partial charge in [0, 0.05) is 30.1 Å². The average Bonchev–Trinajstić information content (AvgIpc) is 3.04. The van der Waals surface area contributed by atoms with Crippen LogP contribution in [-0.2, 0) is 11.3 Å². The van der Waals surface area contributed by atoms with Gasteiger partial charge in [0.05, 0.1) is 6.10 Å². The predicted octanol–water partition coefficient (Wildman–Crippen LogP) is 2.85. The molecule has 142 valence electrons. The molecule has 2 N–H and O–H groups in total. The molecular weight excluding hydrogens is 364 g/mol. The number of hydrogen-bond acceptors (Lipinski definition) is 3. The first-order valence-electron chi connectivity index (χ1n) is 8.93. The summed E-state index contributed by atoms with van der Waals surface area (Å²) < 4.78 is 0. The van der Waals surface area contributed by atoms with E-state index in [1.165, 1.54) is 4.90 Å². The van der Waals surface area contributed by atoms with Crippen molar-refractivity contribution in [2.75, 3.05) is 6.54 Å². The lowest BCUT2D eigenvalue weighted by atomic mass is 10.1. The van der Waals surface area contributed by atoms with Gasteiger partial charge in [-0.1, -0.05) is 29.8 Å². The minimum atomic E-state index is -0.702. The number of nitrogens with one attached hydrogen (secondary N) is 1. The largest absolute Gasteiger partial charge is 0.391 e. The molecule has 2 aromatic rings. The van der Waals surface area contributed by atoms with Gasteiger partial charge in [0.15, 0.2) is 0 Å². The third kappa shape index (κ3) is 4.49. The van der Waals surface area contributed by atoms with Gasteiger partial charge in [0.2, 0.25) is 5.91 Å². The molecule has 0 unspecified atom stereocenters. The number of aliphatic hydroxyl groups excluding tert-OH is 1. The molecule has 0 aromatic heterocycles. The second kappa shape index (κ2) is 8.11. The Hall–Kier alpha value is -2.37. The van der Waals surface area contributed by atoms with E-state index in [0.29, 0.717) is 17.1 Å². The lowest BCUT2D eigenvalue weighted by Crippen LogP contribution is -2.45. The van der Waals surface area contributed by atoms with Crippen molar-refractivity contribution in [3.05, 3.63) is 69.7 Å². The highest BCUT2D eigenvalue weighted by Gasteiger charge is 2.39. The number of carbonyl (C=O) groups excluding carboxylic acids is 2. The standard InChI is InChI=1S/C21H23ClN2O3/c1-13-3-6-16(9-14(13)2)21(27)24-12-18(25)10-19(24)20(26)23-11-15-4-7-17(22)8-5-15/h3-9,18-19,25H,10-12H2,1-2H3,(H,23,26)/t18-,19+/m1/s1. The van der Waals surface area contributed by atoms with Gasteiger partial charge in [0.25, 0.3) is 5.91 Å². The Morgan fingerprint density at radius 2 is 1.85 bits per heavy atom. The minimum absolute atomic E-state index is 0.158. The van der Waals surface area contributed by atoms with Crippen LogP contribution in [0, 0.1) is 13.8 Å². The third-order valence-corrected chi connectivity index (χ3v) is 5.23. The van der Waals surface area contributed by atoms with Crippen molar-refractivity contribution in [1.82, 2.24) is 10.2 Å². The highest BCUT2D eigenvalue weighted by Crippen LogP contribution is 2.22. The number of rotatable bonds is 4. The molecule has 1 aliphatic heterocycles. The van der Waals surface area contributed by atoms with Gasteiger partial charge in [0.1, 0.15) is 6.04 Å². The van der Waals surface area contributed by atoms with Crippen LogP contribution in [0.2, 0.25) is 5.02 Å². The van der Waals surface area contributed by atoms with E-state index in [4.69, 9.17) is 11.6 Å². The zero-order valence-electron chi connectivity index (χ0n) is 15.4. The third-order valence-electron chi connectivity index (χ3n) is 4.98. The fourth-order valence-electron chi connectivity index (χ4n) is 3.24. The zero-order chi connectivity index (χ0) is 19.6. The summed E-state index contributed by atoms with van der Waals surface area (Å²) in [5, 5.41) is 13.5. The molecule has 1 aliphatic rings. The highest BCUT2D eigenvalue weighted by atomic mass is 35.5. The van der Waals surface area contributed by atoms with Gasteiger partial charge in [-0.05, 0) is 54.8 Å². The average molecular weight is 387 g/mol. The van der Waals surface area contributed by atoms with E-state index in [1.54, 1.807) is 18.2 Å². The van der Waals surface area contributed by atoms with Crippen molar-refractivity contribution in [2.24, 2.45) is 0 Å². The molecule has 6 heteroatoms. The molecule has 1 fully saturated rings. The number of benzene rings is 2. The van der Waals surface area contributed by atoms with Gasteiger partial charge in [-0.25, -0.2) is 0 Å². The molecule has 2 aromatic carbocycles. The Bertz CT molecular complexity index is 851. The van der Waals surface area contributed by atoms with Crippen molar-refractivity contribution in [3.63, 3.8) is 0 Å². The SMILES string of the molecule is Cc1ccc(C(=O)N2C[C@H](O)C[C@H]2C(=O)NCc2ccc(Cl)cc2)cc1C. The fourth-order valence-corrected chi connectivity index (χ4v) is 3.36. The highest BCUT2D eigenvalue weighted by molar-refractivity contribution is 6.30. The summed E-state index contributed by atoms with van der Waals surface area (Å²) >= 11 is 5.87. The first-order valence-corrected chi connectivity index (χ1v) is 9.31. The Morgan fingerprint density at radius 1 is 1.15 bits per heavy atom. The number of likely N-dealkylation sites (tertiary alicyclic amines) is 1. The molecule has 2 atom stereocenters. The fraction of sp³-hybridized carbons (Fsp3) is 0.333. The van der Waals surface area contributed by atoms with Crippen molar-refractivity contribution < 1.29 is 14.7 Å². The van der Waals surface area contributed by atoms with Crippen LogP contribution < -0.4 is 5.32 Å². The monoisotopic (exact) mass is 386 g/mol. The zero-order valence-corrected chi connectivity index (χ0v) is 16.2. The smallest absolute Gasteiger partial charge is 0.254 e. The first-order chi connectivity index (χ1) is 12.8. The second-order valence-corrected chi connectivity index (χ2v) is 7.44. The van der Waals surface area contributed by atoms with Crippen molar-refractivity contribution in [1.29, 1.82) is 0 Å². The Labute approximate surface area is 163 Å². The Balaban J connectivity index is 1.70. The van der Waals surface area contributed by atoms with Gasteiger partial charge in [-0.3, -0.25) is 9.59 Å². The van der Waals surface area contributed by atoms with Crippen LogP contribution in [0.15, 0.2) is 42.5 Å². The molecule has 1 saturated heterocycles. The minimum Gasteiger partial charge on any atom is -0.391 e. The first kappa shape index (κ1) is 19.4. The van der Waals surface area contributed by atoms with Crippen molar-refractivity contribution >= 4 is 23.4 Å². The number of amides is 2. The number of aryl methyl sites for hydroxylation is 2. The van der Waals surface area contributed by atoms with Crippen LogP contribution in [0.1, 0.15) is 33.5 Å². The normalized spacial score (nSPS) is 19.2. The second-order valence-electron chi connectivity index (χ2n) is 7.01. The quantitative estimate of drug-likeness (QED) is 0.848. The number of halogens is 1. The van der Waals surface area contributed by atoms with E-state index < -0.39 is 12.1 Å². The van der Waals surface area contributed by atoms with Crippen LogP contribution in [-0.4, -0.2) is 40.5 Å². The maximum absolute atomic E-state index is 12.9. The summed E-state index contributed by atoms with van der Waals surface area (Å²) in [4.78, 5) is 27.0. The Kier molecular flexibility index (Phi) is 5.82. The van der Waals surface area contributed by atoms with Crippen LogP contribution in [0.4, 0.5) is 0 Å². The summed E-state index contributed by atoms with van der Waals surface area (Å²) in [6, 6.07) is 12.0. The van der Waals surface area contributed by atoms with E-state index in [9.17, 15) is 14.7 Å². The van der Waals surface area contributed by atoms with Gasteiger partial charge in [-0.15, -0.1) is 0 Å². The van der Waals surface area contributed by atoms with E-state index in [2.05, 4.69) is 5.32 Å². The van der Waals surface area contributed by atoms with Crippen molar-refractivity contribution in [3.8, 4) is 0 Å². The van der Waals surface area contributed by atoms with E-state index in [0.717, 1.165) is 16.7 Å². The molecule has 0 radical (unpaired) electrons. The molecule has 2 amide bonds. The van der Waals surface area contributed by atoms with Gasteiger partial charge >= 0.3 is 0 Å².